The molecule has 1 N–H and O–H groups in total. The Morgan fingerprint density at radius 1 is 1.19 bits per heavy atom. The number of nitrogens with one attached hydrogen (secondary N) is 1. The SMILES string of the molecule is C[C@H](OC(=O)c1cc(S(C)(=O)=O)ccc1Cl)C(=O)NCc1ccc(F)cc1. The Hall–Kier alpha value is -2.45. The Morgan fingerprint density at radius 2 is 1.81 bits per heavy atom. The standard InChI is InChI=1S/C18H17ClFNO5S/c1-11(17(22)21-10-12-3-5-13(20)6-4-12)26-18(23)15-9-14(27(2,24)25)7-8-16(15)19/h3-9,11H,10H2,1-2H3,(H,21,22)/t11-/m0/s1. The molecule has 0 aliphatic carbocycles. The van der Waals surface area contributed by atoms with Crippen LogP contribution >= 0.6 is 11.6 Å². The Kier molecular flexibility index (Phi) is 6.56. The minimum Gasteiger partial charge on any atom is -0.449 e. The predicted molar refractivity (Wildman–Crippen MR) is 97.7 cm³/mol. The van der Waals surface area contributed by atoms with Gasteiger partial charge in [-0.05, 0) is 42.8 Å². The largest absolute Gasteiger partial charge is 0.449 e. The first-order valence-electron chi connectivity index (χ1n) is 7.80. The summed E-state index contributed by atoms with van der Waals surface area (Å²) in [6.45, 7) is 1.50. The monoisotopic (exact) mass is 413 g/mol. The molecule has 0 saturated heterocycles. The summed E-state index contributed by atoms with van der Waals surface area (Å²) in [5, 5.41) is 2.56. The first-order valence-corrected chi connectivity index (χ1v) is 10.1. The number of amides is 1. The maximum absolute atomic E-state index is 12.9. The zero-order chi connectivity index (χ0) is 20.2. The maximum atomic E-state index is 12.9. The summed E-state index contributed by atoms with van der Waals surface area (Å²) >= 11 is 5.93. The van der Waals surface area contributed by atoms with Crippen molar-refractivity contribution >= 4 is 33.3 Å². The van der Waals surface area contributed by atoms with E-state index in [-0.39, 0.29) is 27.8 Å². The summed E-state index contributed by atoms with van der Waals surface area (Å²) in [5.74, 6) is -1.88. The molecule has 1 amide bonds. The van der Waals surface area contributed by atoms with Crippen molar-refractivity contribution in [1.82, 2.24) is 5.32 Å². The maximum Gasteiger partial charge on any atom is 0.340 e. The van der Waals surface area contributed by atoms with Crippen LogP contribution in [-0.4, -0.2) is 32.7 Å². The minimum atomic E-state index is -3.54. The number of halogens is 2. The lowest BCUT2D eigenvalue weighted by Gasteiger charge is -2.14. The molecule has 1 atom stereocenters. The van der Waals surface area contributed by atoms with Gasteiger partial charge in [-0.25, -0.2) is 17.6 Å². The van der Waals surface area contributed by atoms with Crippen molar-refractivity contribution in [1.29, 1.82) is 0 Å². The molecule has 0 heterocycles. The number of ether oxygens (including phenoxy) is 1. The van der Waals surface area contributed by atoms with Gasteiger partial charge in [0.05, 0.1) is 15.5 Å². The molecule has 0 spiro atoms. The Labute approximate surface area is 161 Å². The van der Waals surface area contributed by atoms with E-state index in [1.165, 1.54) is 43.3 Å². The Balaban J connectivity index is 2.02. The number of hydrogen-bond donors (Lipinski definition) is 1. The average molecular weight is 414 g/mol. The molecule has 0 radical (unpaired) electrons. The number of carbonyl (C=O) groups is 2. The van der Waals surface area contributed by atoms with Gasteiger partial charge < -0.3 is 10.1 Å². The van der Waals surface area contributed by atoms with Crippen molar-refractivity contribution in [2.75, 3.05) is 6.26 Å². The molecule has 2 rings (SSSR count). The second-order valence-electron chi connectivity index (χ2n) is 5.81. The van der Waals surface area contributed by atoms with E-state index in [0.29, 0.717) is 5.56 Å². The van der Waals surface area contributed by atoms with Gasteiger partial charge in [-0.2, -0.15) is 0 Å². The molecule has 0 aromatic heterocycles. The summed E-state index contributed by atoms with van der Waals surface area (Å²) in [7, 11) is -3.54. The summed E-state index contributed by atoms with van der Waals surface area (Å²) in [5.41, 5.74) is 0.518. The first-order chi connectivity index (χ1) is 12.6. The number of sulfone groups is 1. The topological polar surface area (TPSA) is 89.5 Å². The lowest BCUT2D eigenvalue weighted by Crippen LogP contribution is -2.35. The molecule has 27 heavy (non-hydrogen) atoms. The van der Waals surface area contributed by atoms with Gasteiger partial charge in [0.15, 0.2) is 15.9 Å². The van der Waals surface area contributed by atoms with Crippen LogP contribution in [0.15, 0.2) is 47.4 Å². The predicted octanol–water partition coefficient (Wildman–Crippen LogP) is 2.74. The fraction of sp³-hybridized carbons (Fsp3) is 0.222. The van der Waals surface area contributed by atoms with E-state index in [9.17, 15) is 22.4 Å². The van der Waals surface area contributed by atoms with Crippen molar-refractivity contribution in [3.8, 4) is 0 Å². The third-order valence-electron chi connectivity index (χ3n) is 3.62. The third-order valence-corrected chi connectivity index (χ3v) is 5.06. The zero-order valence-electron chi connectivity index (χ0n) is 14.5. The first kappa shape index (κ1) is 20.9. The van der Waals surface area contributed by atoms with Crippen LogP contribution in [0.25, 0.3) is 0 Å². The molecule has 0 unspecified atom stereocenters. The van der Waals surface area contributed by atoms with Crippen LogP contribution in [0.3, 0.4) is 0 Å². The highest BCUT2D eigenvalue weighted by Gasteiger charge is 2.22. The van der Waals surface area contributed by atoms with Crippen LogP contribution in [0.4, 0.5) is 4.39 Å². The van der Waals surface area contributed by atoms with E-state index >= 15 is 0 Å². The summed E-state index contributed by atoms with van der Waals surface area (Å²) < 4.78 is 41.1. The van der Waals surface area contributed by atoms with Gasteiger partial charge in [-0.3, -0.25) is 4.79 Å². The molecule has 0 bridgehead atoms. The number of hydrogen-bond acceptors (Lipinski definition) is 5. The van der Waals surface area contributed by atoms with Crippen LogP contribution < -0.4 is 5.32 Å². The number of rotatable bonds is 6. The van der Waals surface area contributed by atoms with Crippen molar-refractivity contribution in [3.05, 3.63) is 64.4 Å². The fourth-order valence-electron chi connectivity index (χ4n) is 2.10. The second-order valence-corrected chi connectivity index (χ2v) is 8.23. The van der Waals surface area contributed by atoms with Gasteiger partial charge in [0, 0.05) is 12.8 Å². The summed E-state index contributed by atoms with van der Waals surface area (Å²) in [6.07, 6.45) is -0.146. The average Bonchev–Trinajstić information content (AvgIpc) is 2.60. The van der Waals surface area contributed by atoms with Gasteiger partial charge in [-0.1, -0.05) is 23.7 Å². The summed E-state index contributed by atoms with van der Waals surface area (Å²) in [4.78, 5) is 24.2. The highest BCUT2D eigenvalue weighted by molar-refractivity contribution is 7.90. The normalized spacial score (nSPS) is 12.3. The van der Waals surface area contributed by atoms with Gasteiger partial charge in [0.2, 0.25) is 0 Å². The molecule has 0 aliphatic rings. The fourth-order valence-corrected chi connectivity index (χ4v) is 2.95. The quantitative estimate of drug-likeness (QED) is 0.735. The molecule has 144 valence electrons. The molecule has 6 nitrogen and oxygen atoms in total. The van der Waals surface area contributed by atoms with Crippen LogP contribution in [0.5, 0.6) is 0 Å². The van der Waals surface area contributed by atoms with Gasteiger partial charge >= 0.3 is 5.97 Å². The van der Waals surface area contributed by atoms with E-state index in [1.807, 2.05) is 0 Å². The van der Waals surface area contributed by atoms with E-state index in [4.69, 9.17) is 16.3 Å². The number of carbonyl (C=O) groups excluding carboxylic acids is 2. The van der Waals surface area contributed by atoms with E-state index in [1.54, 1.807) is 0 Å². The number of esters is 1. The highest BCUT2D eigenvalue weighted by Crippen LogP contribution is 2.22. The molecular weight excluding hydrogens is 397 g/mol. The van der Waals surface area contributed by atoms with Crippen LogP contribution in [0.1, 0.15) is 22.8 Å². The van der Waals surface area contributed by atoms with Crippen LogP contribution in [-0.2, 0) is 25.9 Å². The van der Waals surface area contributed by atoms with Gasteiger partial charge in [-0.15, -0.1) is 0 Å². The van der Waals surface area contributed by atoms with E-state index in [0.717, 1.165) is 12.3 Å². The lowest BCUT2D eigenvalue weighted by molar-refractivity contribution is -0.129. The molecule has 0 aliphatic heterocycles. The van der Waals surface area contributed by atoms with E-state index < -0.39 is 27.8 Å². The van der Waals surface area contributed by atoms with E-state index in [2.05, 4.69) is 5.32 Å². The number of benzene rings is 2. The Bertz CT molecular complexity index is 960. The Morgan fingerprint density at radius 3 is 2.41 bits per heavy atom. The third kappa shape index (κ3) is 5.77. The summed E-state index contributed by atoms with van der Waals surface area (Å²) in [6, 6.07) is 9.21. The highest BCUT2D eigenvalue weighted by atomic mass is 35.5. The van der Waals surface area contributed by atoms with Crippen molar-refractivity contribution < 1.29 is 27.1 Å². The molecule has 0 fully saturated rings. The van der Waals surface area contributed by atoms with Crippen LogP contribution in [0.2, 0.25) is 5.02 Å². The second kappa shape index (κ2) is 8.49. The zero-order valence-corrected chi connectivity index (χ0v) is 16.1. The van der Waals surface area contributed by atoms with Crippen molar-refractivity contribution in [2.24, 2.45) is 0 Å². The molecule has 2 aromatic rings. The molecular formula is C18H17ClFNO5S. The molecule has 0 saturated carbocycles. The van der Waals surface area contributed by atoms with Gasteiger partial charge in [0.25, 0.3) is 5.91 Å². The lowest BCUT2D eigenvalue weighted by atomic mass is 10.2. The van der Waals surface area contributed by atoms with Crippen LogP contribution in [0, 0.1) is 5.82 Å². The van der Waals surface area contributed by atoms with Crippen molar-refractivity contribution in [2.45, 2.75) is 24.5 Å². The smallest absolute Gasteiger partial charge is 0.340 e. The molecule has 9 heteroatoms. The minimum absolute atomic E-state index is 0.00585. The van der Waals surface area contributed by atoms with Gasteiger partial charge in [0.1, 0.15) is 5.82 Å². The van der Waals surface area contributed by atoms with Crippen molar-refractivity contribution in [3.63, 3.8) is 0 Å². The molecule has 2 aromatic carbocycles.